The van der Waals surface area contributed by atoms with Gasteiger partial charge in [0.25, 0.3) is 0 Å². The van der Waals surface area contributed by atoms with E-state index in [-0.39, 0.29) is 23.5 Å². The van der Waals surface area contributed by atoms with Crippen molar-refractivity contribution in [1.82, 2.24) is 15.1 Å². The lowest BCUT2D eigenvalue weighted by Crippen LogP contribution is -2.55. The monoisotopic (exact) mass is 573 g/mol. The minimum Gasteiger partial charge on any atom is -0.338 e. The summed E-state index contributed by atoms with van der Waals surface area (Å²) in [6.45, 7) is 2.55. The van der Waals surface area contributed by atoms with Gasteiger partial charge in [0, 0.05) is 43.0 Å². The van der Waals surface area contributed by atoms with Gasteiger partial charge in [-0.05, 0) is 47.5 Å². The number of hydrogen-bond acceptors (Lipinski definition) is 5. The van der Waals surface area contributed by atoms with Crippen LogP contribution in [-0.4, -0.2) is 65.7 Å². The van der Waals surface area contributed by atoms with Crippen molar-refractivity contribution in [3.63, 3.8) is 0 Å². The van der Waals surface area contributed by atoms with Gasteiger partial charge < -0.3 is 15.1 Å². The van der Waals surface area contributed by atoms with Crippen LogP contribution in [0.3, 0.4) is 0 Å². The number of piperazine rings is 1. The minimum absolute atomic E-state index is 0.0309. The van der Waals surface area contributed by atoms with E-state index in [1.54, 1.807) is 17.0 Å². The number of hydrogen-bond donors (Lipinski definition) is 1. The quantitative estimate of drug-likeness (QED) is 0.398. The number of benzene rings is 2. The zero-order valence-electron chi connectivity index (χ0n) is 22.1. The second kappa shape index (κ2) is 11.7. The lowest BCUT2D eigenvalue weighted by Gasteiger charge is -2.36. The van der Waals surface area contributed by atoms with Crippen molar-refractivity contribution in [2.45, 2.75) is 30.8 Å². The lowest BCUT2D eigenvalue weighted by atomic mass is 9.78. The molecule has 3 aliphatic rings. The zero-order valence-corrected chi connectivity index (χ0v) is 23.7. The van der Waals surface area contributed by atoms with Gasteiger partial charge in [0.2, 0.25) is 11.8 Å². The van der Waals surface area contributed by atoms with E-state index in [1.165, 1.54) is 11.3 Å². The zero-order chi connectivity index (χ0) is 27.6. The second-order valence-corrected chi connectivity index (χ2v) is 12.1. The second-order valence-electron chi connectivity index (χ2n) is 10.7. The van der Waals surface area contributed by atoms with Crippen molar-refractivity contribution in [3.05, 3.63) is 99.2 Å². The Labute approximate surface area is 243 Å². The molecule has 3 fully saturated rings. The smallest absolute Gasteiger partial charge is 0.246 e. The fourth-order valence-corrected chi connectivity index (χ4v) is 6.91. The van der Waals surface area contributed by atoms with Gasteiger partial charge in [0.1, 0.15) is 6.04 Å². The van der Waals surface area contributed by atoms with Crippen molar-refractivity contribution in [1.29, 1.82) is 0 Å². The summed E-state index contributed by atoms with van der Waals surface area (Å²) in [7, 11) is 0. The van der Waals surface area contributed by atoms with Gasteiger partial charge >= 0.3 is 0 Å². The van der Waals surface area contributed by atoms with E-state index in [0.29, 0.717) is 36.1 Å². The van der Waals surface area contributed by atoms with Crippen molar-refractivity contribution in [2.24, 2.45) is 11.8 Å². The third-order valence-corrected chi connectivity index (χ3v) is 9.32. The molecule has 8 heteroatoms. The van der Waals surface area contributed by atoms with Crippen LogP contribution in [-0.2, 0) is 9.59 Å². The summed E-state index contributed by atoms with van der Waals surface area (Å²) in [5.74, 6) is -1.40. The van der Waals surface area contributed by atoms with E-state index in [1.807, 2.05) is 77.0 Å². The first-order chi connectivity index (χ1) is 19.5. The summed E-state index contributed by atoms with van der Waals surface area (Å²) in [6.07, 6.45) is 5.57. The molecule has 6 nitrogen and oxygen atoms in total. The molecule has 2 saturated heterocycles. The number of rotatable bonds is 7. The van der Waals surface area contributed by atoms with Crippen LogP contribution in [0.4, 0.5) is 0 Å². The van der Waals surface area contributed by atoms with Crippen LogP contribution in [0, 0.1) is 11.8 Å². The maximum absolute atomic E-state index is 14.4. The number of likely N-dealkylation sites (tertiary alicyclic amines) is 1. The van der Waals surface area contributed by atoms with Crippen molar-refractivity contribution < 1.29 is 14.4 Å². The number of nitrogens with zero attached hydrogens (tertiary/aromatic N) is 2. The molecule has 206 valence electrons. The molecule has 3 aromatic rings. The van der Waals surface area contributed by atoms with Gasteiger partial charge in [-0.25, -0.2) is 0 Å². The molecule has 1 aliphatic carbocycles. The summed E-state index contributed by atoms with van der Waals surface area (Å²) in [5.41, 5.74) is 1.82. The Hall–Kier alpha value is -3.26. The summed E-state index contributed by atoms with van der Waals surface area (Å²) >= 11 is 7.67. The van der Waals surface area contributed by atoms with Crippen LogP contribution in [0.15, 0.2) is 78.2 Å². The number of halogens is 1. The predicted octanol–water partition coefficient (Wildman–Crippen LogP) is 5.12. The fourth-order valence-electron chi connectivity index (χ4n) is 6.07. The van der Waals surface area contributed by atoms with Crippen molar-refractivity contribution in [2.75, 3.05) is 26.2 Å². The Bertz CT molecular complexity index is 1380. The molecule has 40 heavy (non-hydrogen) atoms. The number of ketones is 1. The Morgan fingerprint density at radius 1 is 0.900 bits per heavy atom. The van der Waals surface area contributed by atoms with E-state index >= 15 is 0 Å². The fraction of sp³-hybridized carbons (Fsp3) is 0.344. The van der Waals surface area contributed by atoms with E-state index in [9.17, 15) is 14.4 Å². The average molecular weight is 574 g/mol. The molecule has 4 atom stereocenters. The van der Waals surface area contributed by atoms with Crippen LogP contribution in [0.1, 0.15) is 39.6 Å². The number of amides is 2. The highest BCUT2D eigenvalue weighted by Crippen LogP contribution is 2.48. The number of carbonyl (C=O) groups excluding carboxylic acids is 3. The predicted molar refractivity (Wildman–Crippen MR) is 158 cm³/mol. The maximum atomic E-state index is 14.4. The lowest BCUT2D eigenvalue weighted by molar-refractivity contribution is -0.146. The molecule has 3 heterocycles. The van der Waals surface area contributed by atoms with E-state index in [0.717, 1.165) is 24.0 Å². The molecule has 2 amide bonds. The van der Waals surface area contributed by atoms with Gasteiger partial charge in [-0.1, -0.05) is 72.3 Å². The summed E-state index contributed by atoms with van der Waals surface area (Å²) < 4.78 is 0. The number of thiophene rings is 1. The van der Waals surface area contributed by atoms with Crippen LogP contribution < -0.4 is 5.32 Å². The molecule has 1 saturated carbocycles. The molecule has 2 aliphatic heterocycles. The summed E-state index contributed by atoms with van der Waals surface area (Å²) in [6, 6.07) is 19.6. The molecule has 2 aromatic carbocycles. The Balaban J connectivity index is 1.52. The first-order valence-electron chi connectivity index (χ1n) is 13.9. The van der Waals surface area contributed by atoms with E-state index < -0.39 is 23.9 Å². The highest BCUT2D eigenvalue weighted by molar-refractivity contribution is 7.12. The van der Waals surface area contributed by atoms with Gasteiger partial charge in [-0.3, -0.25) is 14.4 Å². The average Bonchev–Trinajstić information content (AvgIpc) is 3.59. The minimum atomic E-state index is -0.785. The normalized spacial score (nSPS) is 24.9. The molecule has 4 unspecified atom stereocenters. The molecule has 0 radical (unpaired) electrons. The van der Waals surface area contributed by atoms with Gasteiger partial charge in [0.15, 0.2) is 5.78 Å². The van der Waals surface area contributed by atoms with Crippen LogP contribution >= 0.6 is 22.9 Å². The summed E-state index contributed by atoms with van der Waals surface area (Å²) in [4.78, 5) is 47.1. The van der Waals surface area contributed by atoms with E-state index in [4.69, 9.17) is 11.6 Å². The summed E-state index contributed by atoms with van der Waals surface area (Å²) in [5, 5.41) is 5.79. The molecule has 0 bridgehead atoms. The molecular formula is C32H32ClN3O3S. The third-order valence-electron chi connectivity index (χ3n) is 8.19. The van der Waals surface area contributed by atoms with Crippen molar-refractivity contribution in [3.8, 4) is 0 Å². The molecule has 1 aromatic heterocycles. The Morgan fingerprint density at radius 2 is 1.62 bits per heavy atom. The highest BCUT2D eigenvalue weighted by atomic mass is 35.5. The maximum Gasteiger partial charge on any atom is 0.246 e. The standard InChI is InChI=1S/C32H32ClN3O3S/c33-24-13-11-22(12-14-24)27-28(30(37)26-7-4-20-40-26)25(15-8-21-5-2-1-3-6-21)36(31(38)23-9-10-23)29(27)32(39)35-18-16-34-17-19-35/h1-8,11-15,20,23,25,27-29,34H,9-10,16-19H2. The Kier molecular flexibility index (Phi) is 7.87. The molecular weight excluding hydrogens is 542 g/mol. The molecule has 1 N–H and O–H groups in total. The van der Waals surface area contributed by atoms with E-state index in [2.05, 4.69) is 5.32 Å². The number of nitrogens with one attached hydrogen (secondary N) is 1. The van der Waals surface area contributed by atoms with Gasteiger partial charge in [-0.2, -0.15) is 0 Å². The SMILES string of the molecule is O=C(c1cccs1)C1C(c2ccc(Cl)cc2)C(C(=O)N2CCNCC2)N(C(=O)C2CC2)C1C=Cc1ccccc1. The van der Waals surface area contributed by atoms with Crippen LogP contribution in [0.2, 0.25) is 5.02 Å². The number of Topliss-reactive ketones (excluding diaryl/α,β-unsaturated/α-hetero) is 1. The van der Waals surface area contributed by atoms with Gasteiger partial charge in [-0.15, -0.1) is 11.3 Å². The van der Waals surface area contributed by atoms with Gasteiger partial charge in [0.05, 0.1) is 16.8 Å². The molecule has 0 spiro atoms. The topological polar surface area (TPSA) is 69.7 Å². The first-order valence-corrected chi connectivity index (χ1v) is 15.2. The van der Waals surface area contributed by atoms with Crippen LogP contribution in [0.25, 0.3) is 6.08 Å². The largest absolute Gasteiger partial charge is 0.338 e. The first kappa shape index (κ1) is 26.9. The number of carbonyl (C=O) groups is 3. The third kappa shape index (κ3) is 5.38. The van der Waals surface area contributed by atoms with Crippen LogP contribution in [0.5, 0.6) is 0 Å². The Morgan fingerprint density at radius 3 is 2.27 bits per heavy atom. The van der Waals surface area contributed by atoms with Crippen molar-refractivity contribution >= 4 is 46.6 Å². The highest BCUT2D eigenvalue weighted by Gasteiger charge is 2.58. The molecule has 6 rings (SSSR count).